The molecule has 5 N–H and O–H groups in total. The Hall–Kier alpha value is -0.200. The molecule has 0 radical (unpaired) electrons. The molecule has 0 fully saturated rings. The molecule has 0 unspecified atom stereocenters. The Morgan fingerprint density at radius 1 is 0.857 bits per heavy atom. The predicted molar refractivity (Wildman–Crippen MR) is 52.9 cm³/mol. The van der Waals surface area contributed by atoms with Gasteiger partial charge in [0.15, 0.2) is 0 Å². The second kappa shape index (κ2) is 5.63. The molecule has 0 aromatic carbocycles. The Labute approximate surface area is 84.4 Å². The molecule has 0 aliphatic heterocycles. The lowest BCUT2D eigenvalue weighted by Gasteiger charge is -2.33. The van der Waals surface area contributed by atoms with Crippen LogP contribution in [0.3, 0.4) is 0 Å². The van der Waals surface area contributed by atoms with Crippen LogP contribution in [-0.2, 0) is 0 Å². The van der Waals surface area contributed by atoms with Crippen LogP contribution < -0.4 is 5.32 Å². The first-order chi connectivity index (χ1) is 6.45. The van der Waals surface area contributed by atoms with E-state index < -0.39 is 5.54 Å². The molecule has 0 atom stereocenters. The Bertz CT molecular complexity index is 149. The van der Waals surface area contributed by atoms with Gasteiger partial charge in [-0.1, -0.05) is 13.8 Å². The van der Waals surface area contributed by atoms with Crippen molar-refractivity contribution in [2.24, 2.45) is 5.41 Å². The molecule has 0 rings (SSSR count). The van der Waals surface area contributed by atoms with Crippen LogP contribution in [0.1, 0.15) is 13.8 Å². The maximum atomic E-state index is 9.00. The van der Waals surface area contributed by atoms with Crippen LogP contribution in [0.25, 0.3) is 0 Å². The van der Waals surface area contributed by atoms with E-state index in [4.69, 9.17) is 20.4 Å². The van der Waals surface area contributed by atoms with Gasteiger partial charge >= 0.3 is 0 Å². The average Bonchev–Trinajstić information content (AvgIpc) is 2.21. The highest BCUT2D eigenvalue weighted by Crippen LogP contribution is 2.13. The summed E-state index contributed by atoms with van der Waals surface area (Å²) in [6.45, 7) is 3.06. The molecule has 14 heavy (non-hydrogen) atoms. The summed E-state index contributed by atoms with van der Waals surface area (Å²) in [7, 11) is 0. The lowest BCUT2D eigenvalue weighted by molar-refractivity contribution is 0.0304. The molecule has 0 saturated carbocycles. The highest BCUT2D eigenvalue weighted by Gasteiger charge is 2.29. The topological polar surface area (TPSA) is 93.0 Å². The molecule has 0 aromatic rings. The fourth-order valence-electron chi connectivity index (χ4n) is 0.800. The second-order valence-corrected chi connectivity index (χ2v) is 4.43. The lowest BCUT2D eigenvalue weighted by Crippen LogP contribution is -2.57. The molecule has 0 amide bonds. The Morgan fingerprint density at radius 2 is 1.29 bits per heavy atom. The van der Waals surface area contributed by atoms with Crippen LogP contribution in [0.5, 0.6) is 0 Å². The standard InChI is InChI=1S/C9H21NO4/c1-8(2,4-11)3-10-9(5-12,6-13)7-14/h10-14H,3-7H2,1-2H3. The predicted octanol–water partition coefficient (Wildman–Crippen LogP) is -1.69. The number of nitrogens with one attached hydrogen (secondary N) is 1. The number of aliphatic hydroxyl groups excluding tert-OH is 4. The van der Waals surface area contributed by atoms with Crippen molar-refractivity contribution in [3.63, 3.8) is 0 Å². The van der Waals surface area contributed by atoms with Gasteiger partial charge in [-0.15, -0.1) is 0 Å². The second-order valence-electron chi connectivity index (χ2n) is 4.43. The maximum Gasteiger partial charge on any atom is 0.0881 e. The third kappa shape index (κ3) is 3.89. The molecule has 5 heteroatoms. The zero-order valence-electron chi connectivity index (χ0n) is 8.82. The van der Waals surface area contributed by atoms with E-state index in [2.05, 4.69) is 5.32 Å². The first-order valence-electron chi connectivity index (χ1n) is 4.64. The van der Waals surface area contributed by atoms with Crippen molar-refractivity contribution in [1.29, 1.82) is 0 Å². The number of aliphatic hydroxyl groups is 4. The fraction of sp³-hybridized carbons (Fsp3) is 1.00. The van der Waals surface area contributed by atoms with Gasteiger partial charge in [0.2, 0.25) is 0 Å². The van der Waals surface area contributed by atoms with E-state index >= 15 is 0 Å². The molecule has 86 valence electrons. The average molecular weight is 207 g/mol. The van der Waals surface area contributed by atoms with E-state index in [1.54, 1.807) is 0 Å². The summed E-state index contributed by atoms with van der Waals surface area (Å²) in [6, 6.07) is 0. The molecule has 0 heterocycles. The third-order valence-electron chi connectivity index (χ3n) is 2.28. The van der Waals surface area contributed by atoms with Crippen molar-refractivity contribution in [3.8, 4) is 0 Å². The molecule has 5 nitrogen and oxygen atoms in total. The van der Waals surface area contributed by atoms with Crippen molar-refractivity contribution in [3.05, 3.63) is 0 Å². The van der Waals surface area contributed by atoms with Gasteiger partial charge in [-0.3, -0.25) is 0 Å². The van der Waals surface area contributed by atoms with Crippen molar-refractivity contribution >= 4 is 0 Å². The van der Waals surface area contributed by atoms with Gasteiger partial charge in [0.05, 0.1) is 25.4 Å². The van der Waals surface area contributed by atoms with Crippen LogP contribution in [-0.4, -0.2) is 58.9 Å². The summed E-state index contributed by atoms with van der Waals surface area (Å²) in [5.74, 6) is 0. The number of hydrogen-bond acceptors (Lipinski definition) is 5. The van der Waals surface area contributed by atoms with Crippen LogP contribution >= 0.6 is 0 Å². The van der Waals surface area contributed by atoms with Gasteiger partial charge in [-0.25, -0.2) is 0 Å². The molecular weight excluding hydrogens is 186 g/mol. The largest absolute Gasteiger partial charge is 0.396 e. The maximum absolute atomic E-state index is 9.00. The zero-order chi connectivity index (χ0) is 11.2. The lowest BCUT2D eigenvalue weighted by atomic mass is 9.92. The van der Waals surface area contributed by atoms with Crippen LogP contribution in [0.2, 0.25) is 0 Å². The van der Waals surface area contributed by atoms with Crippen LogP contribution in [0, 0.1) is 5.41 Å². The SMILES string of the molecule is CC(C)(CO)CNC(CO)(CO)CO. The van der Waals surface area contributed by atoms with Gasteiger partial charge in [-0.05, 0) is 0 Å². The monoisotopic (exact) mass is 207 g/mol. The van der Waals surface area contributed by atoms with Crippen molar-refractivity contribution < 1.29 is 20.4 Å². The van der Waals surface area contributed by atoms with Crippen molar-refractivity contribution in [2.75, 3.05) is 33.0 Å². The van der Waals surface area contributed by atoms with Gasteiger partial charge in [0.25, 0.3) is 0 Å². The minimum absolute atomic E-state index is 0.00162. The van der Waals surface area contributed by atoms with Gasteiger partial charge in [-0.2, -0.15) is 0 Å². The van der Waals surface area contributed by atoms with E-state index in [-0.39, 0.29) is 31.8 Å². The Morgan fingerprint density at radius 3 is 1.57 bits per heavy atom. The van der Waals surface area contributed by atoms with Gasteiger partial charge < -0.3 is 25.7 Å². The fourth-order valence-corrected chi connectivity index (χ4v) is 0.800. The summed E-state index contributed by atoms with van der Waals surface area (Å²) in [6.07, 6.45) is 0. The third-order valence-corrected chi connectivity index (χ3v) is 2.28. The summed E-state index contributed by atoms with van der Waals surface area (Å²) in [5, 5.41) is 38.8. The molecule has 0 bridgehead atoms. The summed E-state index contributed by atoms with van der Waals surface area (Å²) in [5.41, 5.74) is -1.41. The summed E-state index contributed by atoms with van der Waals surface area (Å²) in [4.78, 5) is 0. The molecule has 0 aliphatic rings. The van der Waals surface area contributed by atoms with E-state index in [1.807, 2.05) is 13.8 Å². The van der Waals surface area contributed by atoms with E-state index in [9.17, 15) is 0 Å². The van der Waals surface area contributed by atoms with E-state index in [1.165, 1.54) is 0 Å². The molecule has 0 aliphatic carbocycles. The Balaban J connectivity index is 4.19. The number of rotatable bonds is 7. The highest BCUT2D eigenvalue weighted by atomic mass is 16.3. The summed E-state index contributed by atoms with van der Waals surface area (Å²) < 4.78 is 0. The number of hydrogen-bond donors (Lipinski definition) is 5. The molecule has 0 aromatic heterocycles. The highest BCUT2D eigenvalue weighted by molar-refractivity contribution is 4.88. The van der Waals surface area contributed by atoms with E-state index in [0.29, 0.717) is 6.54 Å². The smallest absolute Gasteiger partial charge is 0.0881 e. The van der Waals surface area contributed by atoms with E-state index in [0.717, 1.165) is 0 Å². The minimum atomic E-state index is -1.06. The zero-order valence-corrected chi connectivity index (χ0v) is 8.82. The van der Waals surface area contributed by atoms with Gasteiger partial charge in [0, 0.05) is 18.6 Å². The summed E-state index contributed by atoms with van der Waals surface area (Å²) >= 11 is 0. The Kier molecular flexibility index (Phi) is 5.54. The quantitative estimate of drug-likeness (QED) is 0.343. The molecular formula is C9H21NO4. The normalized spacial score (nSPS) is 13.3. The van der Waals surface area contributed by atoms with Crippen molar-refractivity contribution in [1.82, 2.24) is 5.32 Å². The first kappa shape index (κ1) is 13.8. The molecule has 0 spiro atoms. The van der Waals surface area contributed by atoms with Crippen LogP contribution in [0.15, 0.2) is 0 Å². The van der Waals surface area contributed by atoms with Crippen LogP contribution in [0.4, 0.5) is 0 Å². The van der Waals surface area contributed by atoms with Crippen molar-refractivity contribution in [2.45, 2.75) is 19.4 Å². The first-order valence-corrected chi connectivity index (χ1v) is 4.64. The minimum Gasteiger partial charge on any atom is -0.396 e. The molecule has 0 saturated heterocycles. The van der Waals surface area contributed by atoms with Gasteiger partial charge in [0.1, 0.15) is 0 Å².